The molecular weight excluding hydrogens is 617 g/mol. The fourth-order valence-corrected chi connectivity index (χ4v) is 7.18. The van der Waals surface area contributed by atoms with Gasteiger partial charge in [-0.25, -0.2) is 26.5 Å². The van der Waals surface area contributed by atoms with E-state index < -0.39 is 59.2 Å². The van der Waals surface area contributed by atoms with Crippen LogP contribution in [-0.2, 0) is 35.8 Å². The number of sulfonamides is 1. The van der Waals surface area contributed by atoms with Crippen LogP contribution in [0.15, 0.2) is 66.7 Å². The largest absolute Gasteiger partial charge is 0.334 e. The molecule has 13 heteroatoms. The molecule has 1 saturated heterocycles. The molecule has 2 amide bonds. The fourth-order valence-electron chi connectivity index (χ4n) is 5.32. The van der Waals surface area contributed by atoms with Gasteiger partial charge in [0, 0.05) is 17.2 Å². The van der Waals surface area contributed by atoms with Gasteiger partial charge in [0.05, 0.1) is 10.3 Å². The first-order valence-corrected chi connectivity index (χ1v) is 18.1. The van der Waals surface area contributed by atoms with Crippen LogP contribution in [0.2, 0.25) is 0 Å². The second-order valence-corrected chi connectivity index (χ2v) is 17.5. The Morgan fingerprint density at radius 1 is 0.956 bits per heavy atom. The quantitative estimate of drug-likeness (QED) is 0.218. The van der Waals surface area contributed by atoms with Crippen molar-refractivity contribution in [3.05, 3.63) is 78.0 Å². The van der Waals surface area contributed by atoms with Gasteiger partial charge in [-0.05, 0) is 71.6 Å². The molecule has 1 aliphatic rings. The summed E-state index contributed by atoms with van der Waals surface area (Å²) in [6.07, 6.45) is 2.64. The number of pyridine rings is 1. The monoisotopic (exact) mass is 658 g/mol. The lowest BCUT2D eigenvalue weighted by atomic mass is 9.93. The number of carbonyl (C=O) groups is 2. The lowest BCUT2D eigenvalue weighted by Crippen LogP contribution is -2.67. The Labute approximate surface area is 265 Å². The van der Waals surface area contributed by atoms with Crippen molar-refractivity contribution in [2.45, 2.75) is 87.8 Å². The minimum Gasteiger partial charge on any atom is -0.334 e. The van der Waals surface area contributed by atoms with E-state index in [2.05, 4.69) is 4.98 Å². The van der Waals surface area contributed by atoms with Crippen molar-refractivity contribution in [3.8, 4) is 0 Å². The maximum Gasteiger partial charge on any atom is 0.282 e. The predicted molar refractivity (Wildman–Crippen MR) is 173 cm³/mol. The zero-order valence-corrected chi connectivity index (χ0v) is 28.1. The number of hydrogen-bond acceptors (Lipinski definition) is 9. The number of para-hydroxylation sites is 1. The van der Waals surface area contributed by atoms with Crippen LogP contribution in [0.1, 0.15) is 69.9 Å². The van der Waals surface area contributed by atoms with Crippen molar-refractivity contribution in [2.24, 2.45) is 5.73 Å². The number of fused-ring (bicyclic) bond motifs is 1. The Bertz CT molecular complexity index is 1790. The number of sulfone groups is 1. The molecule has 4 rings (SSSR count). The number of carbonyl (C=O) groups excluding carboxylic acids is 2. The average Bonchev–Trinajstić information content (AvgIpc) is 3.63. The molecule has 1 aromatic heterocycles. The molecule has 3 atom stereocenters. The van der Waals surface area contributed by atoms with Crippen LogP contribution < -0.4 is 10.5 Å². The third kappa shape index (κ3) is 7.21. The van der Waals surface area contributed by atoms with Crippen LogP contribution in [0.4, 0.5) is 0 Å². The highest BCUT2D eigenvalue weighted by Crippen LogP contribution is 2.40. The molecule has 3 N–H and O–H groups in total. The van der Waals surface area contributed by atoms with E-state index in [0.29, 0.717) is 18.4 Å². The highest BCUT2D eigenvalue weighted by Gasteiger charge is 2.65. The number of ether oxygens (including phenoxy) is 1. The van der Waals surface area contributed by atoms with Gasteiger partial charge < -0.3 is 9.64 Å². The summed E-state index contributed by atoms with van der Waals surface area (Å²) in [5.41, 5.74) is 6.62. The Morgan fingerprint density at radius 3 is 2.20 bits per heavy atom. The minimum atomic E-state index is -4.67. The Balaban J connectivity index is 1.60. The average molecular weight is 659 g/mol. The molecule has 0 radical (unpaired) electrons. The molecule has 45 heavy (non-hydrogen) atoms. The lowest BCUT2D eigenvalue weighted by Gasteiger charge is -2.46. The summed E-state index contributed by atoms with van der Waals surface area (Å²) < 4.78 is 58.6. The second-order valence-electron chi connectivity index (χ2n) is 13.0. The molecule has 2 unspecified atom stereocenters. The summed E-state index contributed by atoms with van der Waals surface area (Å²) in [6, 6.07) is 18.4. The lowest BCUT2D eigenvalue weighted by molar-refractivity contribution is -0.126. The van der Waals surface area contributed by atoms with Gasteiger partial charge in [0.15, 0.2) is 9.84 Å². The van der Waals surface area contributed by atoms with Gasteiger partial charge in [0.25, 0.3) is 26.9 Å². The van der Waals surface area contributed by atoms with Crippen LogP contribution in [0.25, 0.3) is 10.9 Å². The van der Waals surface area contributed by atoms with E-state index >= 15 is 0 Å². The zero-order chi connectivity index (χ0) is 33.4. The topological polar surface area (TPSA) is 169 Å². The van der Waals surface area contributed by atoms with E-state index in [0.717, 1.165) is 34.9 Å². The first-order valence-electron chi connectivity index (χ1n) is 14.8. The molecule has 2 heterocycles. The molecule has 2 aromatic carbocycles. The summed E-state index contributed by atoms with van der Waals surface area (Å²) in [4.78, 5) is 33.7. The van der Waals surface area contributed by atoms with E-state index in [1.165, 1.54) is 19.9 Å². The molecule has 0 spiro atoms. The van der Waals surface area contributed by atoms with Crippen molar-refractivity contribution < 1.29 is 31.2 Å². The fraction of sp³-hybridized carbons (Fsp3) is 0.469. The maximum atomic E-state index is 14.1. The number of benzene rings is 2. The SMILES string of the molecule is CC(C)(C)N(C(=O)c1ccc2ccccc2n1)[C@H](C(=O)NS(=O)(=O)C1(N)OC1CCCCc1ccccc1)C(C)(C)S(C)(=O)=O. The summed E-state index contributed by atoms with van der Waals surface area (Å²) in [5, 5.41) is -1.40. The van der Waals surface area contributed by atoms with Gasteiger partial charge in [0.2, 0.25) is 0 Å². The number of hydrogen-bond donors (Lipinski definition) is 2. The molecule has 0 aliphatic carbocycles. The zero-order valence-electron chi connectivity index (χ0n) is 26.5. The van der Waals surface area contributed by atoms with Gasteiger partial charge in [-0.2, -0.15) is 0 Å². The van der Waals surface area contributed by atoms with E-state index in [1.54, 1.807) is 39.0 Å². The number of amides is 2. The number of nitrogens with two attached hydrogens (primary N) is 1. The van der Waals surface area contributed by atoms with E-state index in [9.17, 15) is 26.4 Å². The Hall–Kier alpha value is -3.39. The minimum absolute atomic E-state index is 0.0371. The molecular formula is C32H42N4O7S2. The summed E-state index contributed by atoms with van der Waals surface area (Å²) in [5.74, 6) is -1.97. The molecule has 0 bridgehead atoms. The molecule has 1 aliphatic heterocycles. The van der Waals surface area contributed by atoms with E-state index in [1.807, 2.05) is 47.2 Å². The number of nitrogens with one attached hydrogen (secondary N) is 1. The van der Waals surface area contributed by atoms with Crippen molar-refractivity contribution in [1.82, 2.24) is 14.6 Å². The standard InChI is InChI=1S/C32H42N4O7S2/c1-30(2,3)36(29(38)25-21-20-23-17-11-12-18-24(23)34-25)27(31(4,5)44(6,39)40)28(37)35-45(41,42)32(33)26(43-32)19-13-10-16-22-14-8-7-9-15-22/h7-9,11-12,14-15,17-18,20-21,26-27H,10,13,16,19,33H2,1-6H3,(H,35,37)/t26?,27-,32?/m1/s1. The molecule has 3 aromatic rings. The van der Waals surface area contributed by atoms with Crippen molar-refractivity contribution in [1.29, 1.82) is 0 Å². The highest BCUT2D eigenvalue weighted by atomic mass is 32.2. The molecule has 1 fully saturated rings. The van der Waals surface area contributed by atoms with Gasteiger partial charge in [-0.3, -0.25) is 15.3 Å². The second kappa shape index (κ2) is 12.4. The third-order valence-corrected chi connectivity index (χ3v) is 12.1. The van der Waals surface area contributed by atoms with E-state index in [-0.39, 0.29) is 5.69 Å². The number of aryl methyl sites for hydroxylation is 1. The first kappa shape index (κ1) is 34.5. The van der Waals surface area contributed by atoms with Gasteiger partial charge in [0.1, 0.15) is 17.8 Å². The maximum absolute atomic E-state index is 14.1. The number of nitrogens with zero attached hydrogens (tertiary/aromatic N) is 2. The number of unbranched alkanes of at least 4 members (excludes halogenated alkanes) is 1. The van der Waals surface area contributed by atoms with Gasteiger partial charge >= 0.3 is 0 Å². The number of aromatic nitrogens is 1. The van der Waals surface area contributed by atoms with Gasteiger partial charge in [-0.1, -0.05) is 61.0 Å². The van der Waals surface area contributed by atoms with Crippen LogP contribution >= 0.6 is 0 Å². The molecule has 11 nitrogen and oxygen atoms in total. The van der Waals surface area contributed by atoms with Crippen molar-refractivity contribution in [3.63, 3.8) is 0 Å². The van der Waals surface area contributed by atoms with Crippen LogP contribution in [-0.4, -0.2) is 72.3 Å². The van der Waals surface area contributed by atoms with Gasteiger partial charge in [-0.15, -0.1) is 0 Å². The van der Waals surface area contributed by atoms with Crippen LogP contribution in [0.5, 0.6) is 0 Å². The summed E-state index contributed by atoms with van der Waals surface area (Å²) in [7, 11) is -8.72. The van der Waals surface area contributed by atoms with Crippen LogP contribution in [0.3, 0.4) is 0 Å². The predicted octanol–water partition coefficient (Wildman–Crippen LogP) is 3.54. The molecule has 0 saturated carbocycles. The number of epoxide rings is 1. The highest BCUT2D eigenvalue weighted by molar-refractivity contribution is 7.92. The summed E-state index contributed by atoms with van der Waals surface area (Å²) in [6.45, 7) is 7.43. The van der Waals surface area contributed by atoms with Crippen molar-refractivity contribution >= 4 is 42.6 Å². The van der Waals surface area contributed by atoms with Crippen molar-refractivity contribution in [2.75, 3.05) is 6.26 Å². The third-order valence-electron chi connectivity index (χ3n) is 8.28. The van der Waals surface area contributed by atoms with Crippen LogP contribution in [0, 0.1) is 0 Å². The normalized spacial score (nSPS) is 19.6. The van der Waals surface area contributed by atoms with E-state index in [4.69, 9.17) is 10.5 Å². The summed E-state index contributed by atoms with van der Waals surface area (Å²) >= 11 is 0. The Morgan fingerprint density at radius 2 is 1.58 bits per heavy atom. The first-order chi connectivity index (χ1) is 20.8. The molecule has 244 valence electrons. The number of rotatable bonds is 12. The smallest absolute Gasteiger partial charge is 0.282 e. The Kier molecular flexibility index (Phi) is 9.52.